The number of benzene rings is 1. The van der Waals surface area contributed by atoms with Crippen molar-refractivity contribution in [1.29, 1.82) is 0 Å². The lowest BCUT2D eigenvalue weighted by molar-refractivity contribution is -0.558. The molecule has 0 saturated carbocycles. The summed E-state index contributed by atoms with van der Waals surface area (Å²) in [6.45, 7) is -1.24. The second kappa shape index (κ2) is 14.5. The zero-order valence-electron chi connectivity index (χ0n) is 25.6. The number of ether oxygens (including phenoxy) is 3. The van der Waals surface area contributed by atoms with Crippen LogP contribution in [-0.2, 0) is 15.9 Å². The monoisotopic (exact) mass is 842 g/mol. The van der Waals surface area contributed by atoms with E-state index >= 15 is 0 Å². The molecule has 0 bridgehead atoms. The number of rotatable bonds is 18. The average molecular weight is 842 g/mol. The summed E-state index contributed by atoms with van der Waals surface area (Å²) in [5.74, 6) is -49.2. The Morgan fingerprint density at radius 1 is 0.500 bits per heavy atom. The lowest BCUT2D eigenvalue weighted by Crippen LogP contribution is -2.70. The van der Waals surface area contributed by atoms with E-state index in [2.05, 4.69) is 14.7 Å². The predicted octanol–water partition coefficient (Wildman–Crippen LogP) is 10.6. The molecule has 0 fully saturated rings. The standard InChI is InChI=1S/C26H17F23N2O3/c1-2-3-4-12-9-50-15(51-10-12)13-5-7-14(8-6-13)52-11-16(27,28)17(29,30)18(31,32)20(35,36)23(42,43)53-25(46,47)26(48,49)54-24(44,45)21(37,38)19(33,34)22(39,40)41/h5-10H,2-4,11H2,1H3. The number of unbranched alkanes of at least 4 members (excludes halogenated alkanes) is 1. The first-order chi connectivity index (χ1) is 23.9. The van der Waals surface area contributed by atoms with Crippen LogP contribution in [0.25, 0.3) is 11.4 Å². The van der Waals surface area contributed by atoms with Gasteiger partial charge in [0.1, 0.15) is 5.75 Å². The quantitative estimate of drug-likeness (QED) is 0.140. The van der Waals surface area contributed by atoms with Crippen LogP contribution in [0.1, 0.15) is 25.3 Å². The Balaban J connectivity index is 2.30. The largest absolute Gasteiger partial charge is 0.487 e. The Morgan fingerprint density at radius 3 is 1.30 bits per heavy atom. The van der Waals surface area contributed by atoms with Gasteiger partial charge in [-0.15, -0.1) is 0 Å². The number of aromatic nitrogens is 2. The van der Waals surface area contributed by atoms with E-state index in [1.807, 2.05) is 6.92 Å². The van der Waals surface area contributed by atoms with Gasteiger partial charge in [-0.2, -0.15) is 101 Å². The van der Waals surface area contributed by atoms with Crippen LogP contribution in [0.2, 0.25) is 0 Å². The van der Waals surface area contributed by atoms with Crippen LogP contribution in [0.15, 0.2) is 36.7 Å². The third kappa shape index (κ3) is 8.31. The third-order valence-electron chi connectivity index (χ3n) is 6.64. The lowest BCUT2D eigenvalue weighted by Gasteiger charge is -2.40. The van der Waals surface area contributed by atoms with E-state index in [0.29, 0.717) is 24.1 Å². The smallest absolute Gasteiger partial charge is 0.460 e. The summed E-state index contributed by atoms with van der Waals surface area (Å²) < 4.78 is 316. The first-order valence-corrected chi connectivity index (χ1v) is 13.7. The number of alkyl halides is 23. The molecule has 5 nitrogen and oxygen atoms in total. The van der Waals surface area contributed by atoms with Crippen molar-refractivity contribution < 1.29 is 115 Å². The van der Waals surface area contributed by atoms with Crippen molar-refractivity contribution in [2.24, 2.45) is 0 Å². The lowest BCUT2D eigenvalue weighted by atomic mass is 9.98. The molecule has 0 aliphatic heterocycles. The fourth-order valence-electron chi connectivity index (χ4n) is 3.52. The summed E-state index contributed by atoms with van der Waals surface area (Å²) in [6, 6.07) is 3.21. The molecule has 0 N–H and O–H groups in total. The average Bonchev–Trinajstić information content (AvgIpc) is 3.01. The van der Waals surface area contributed by atoms with Gasteiger partial charge >= 0.3 is 66.1 Å². The van der Waals surface area contributed by atoms with Crippen molar-refractivity contribution in [2.45, 2.75) is 92.3 Å². The van der Waals surface area contributed by atoms with Gasteiger partial charge in [-0.1, -0.05) is 13.3 Å². The van der Waals surface area contributed by atoms with Crippen LogP contribution in [-0.4, -0.2) is 82.7 Å². The highest BCUT2D eigenvalue weighted by Gasteiger charge is 2.89. The molecule has 54 heavy (non-hydrogen) atoms. The normalized spacial score (nSPS) is 15.1. The summed E-state index contributed by atoms with van der Waals surface area (Å²) in [7, 11) is 0. The molecule has 310 valence electrons. The molecular formula is C26H17F23N2O3. The third-order valence-corrected chi connectivity index (χ3v) is 6.64. The second-order valence-corrected chi connectivity index (χ2v) is 10.7. The van der Waals surface area contributed by atoms with Crippen LogP contribution in [0.4, 0.5) is 101 Å². The van der Waals surface area contributed by atoms with Crippen molar-refractivity contribution in [3.05, 3.63) is 42.2 Å². The van der Waals surface area contributed by atoms with Crippen molar-refractivity contribution in [1.82, 2.24) is 9.97 Å². The molecule has 2 rings (SSSR count). The maximum absolute atomic E-state index is 14.2. The van der Waals surface area contributed by atoms with Crippen LogP contribution in [0.5, 0.6) is 5.75 Å². The summed E-state index contributed by atoms with van der Waals surface area (Å²) in [5, 5.41) is 0. The first-order valence-electron chi connectivity index (χ1n) is 13.7. The second-order valence-electron chi connectivity index (χ2n) is 10.7. The van der Waals surface area contributed by atoms with Crippen LogP contribution >= 0.6 is 0 Å². The van der Waals surface area contributed by atoms with Crippen molar-refractivity contribution >= 4 is 0 Å². The van der Waals surface area contributed by atoms with Gasteiger partial charge in [0.05, 0.1) is 0 Å². The van der Waals surface area contributed by atoms with Crippen molar-refractivity contribution in [2.75, 3.05) is 6.61 Å². The van der Waals surface area contributed by atoms with Gasteiger partial charge in [0.2, 0.25) is 0 Å². The maximum Gasteiger partial charge on any atom is 0.460 e. The first kappa shape index (κ1) is 46.6. The van der Waals surface area contributed by atoms with Gasteiger partial charge in [-0.25, -0.2) is 19.4 Å². The Hall–Kier alpha value is -3.59. The van der Waals surface area contributed by atoms with E-state index in [1.54, 1.807) is 0 Å². The molecule has 0 saturated heterocycles. The fraction of sp³-hybridized carbons (Fsp3) is 0.615. The minimum absolute atomic E-state index is 0.0202. The van der Waals surface area contributed by atoms with E-state index in [-0.39, 0.29) is 11.4 Å². The highest BCUT2D eigenvalue weighted by Crippen LogP contribution is 2.60. The highest BCUT2D eigenvalue weighted by atomic mass is 19.4. The van der Waals surface area contributed by atoms with Gasteiger partial charge < -0.3 is 4.74 Å². The van der Waals surface area contributed by atoms with Crippen LogP contribution in [0, 0.1) is 0 Å². The van der Waals surface area contributed by atoms with E-state index in [4.69, 9.17) is 0 Å². The Bertz CT molecular complexity index is 1560. The maximum atomic E-state index is 14.2. The zero-order valence-corrected chi connectivity index (χ0v) is 25.6. The van der Waals surface area contributed by atoms with Crippen molar-refractivity contribution in [3.8, 4) is 17.1 Å². The highest BCUT2D eigenvalue weighted by molar-refractivity contribution is 5.55. The molecule has 0 radical (unpaired) electrons. The van der Waals surface area contributed by atoms with Gasteiger partial charge in [0.15, 0.2) is 12.4 Å². The summed E-state index contributed by atoms with van der Waals surface area (Å²) in [6.07, 6.45) is -36.1. The Kier molecular flexibility index (Phi) is 12.5. The number of nitrogens with zero attached hydrogens (tertiary/aromatic N) is 2. The van der Waals surface area contributed by atoms with E-state index in [1.165, 1.54) is 17.1 Å². The molecule has 0 aliphatic carbocycles. The van der Waals surface area contributed by atoms with Crippen LogP contribution in [0.3, 0.4) is 0 Å². The number of halogens is 23. The Labute approximate surface area is 284 Å². The number of hydrogen-bond donors (Lipinski definition) is 0. The van der Waals surface area contributed by atoms with E-state index in [9.17, 15) is 101 Å². The molecule has 28 heteroatoms. The molecular weight excluding hydrogens is 825 g/mol. The molecule has 2 aromatic rings. The molecule has 1 aromatic heterocycles. The summed E-state index contributed by atoms with van der Waals surface area (Å²) in [4.78, 5) is 7.95. The summed E-state index contributed by atoms with van der Waals surface area (Å²) in [5.41, 5.74) is 0.778. The van der Waals surface area contributed by atoms with Crippen LogP contribution < -0.4 is 4.74 Å². The SMILES string of the molecule is CCCCc1cnc(-c2ccc(OCC(F)(F)C(F)(F)C(F)(F)C(F)(F)C(F)(F)OC(F)(F)C(F)(F)OC(F)(F)C(F)(F)C(F)(F)C(F)(F)F)cc2)nc1. The van der Waals surface area contributed by atoms with Crippen molar-refractivity contribution in [3.63, 3.8) is 0 Å². The topological polar surface area (TPSA) is 53.5 Å². The van der Waals surface area contributed by atoms with E-state index < -0.39 is 78.5 Å². The molecule has 0 amide bonds. The Morgan fingerprint density at radius 2 is 0.907 bits per heavy atom. The molecule has 0 unspecified atom stereocenters. The fourth-order valence-corrected chi connectivity index (χ4v) is 3.52. The molecule has 1 heterocycles. The van der Waals surface area contributed by atoms with Gasteiger partial charge in [0.25, 0.3) is 0 Å². The van der Waals surface area contributed by atoms with Gasteiger partial charge in [0, 0.05) is 18.0 Å². The molecule has 0 spiro atoms. The van der Waals surface area contributed by atoms with Gasteiger partial charge in [-0.05, 0) is 42.7 Å². The zero-order chi connectivity index (χ0) is 42.4. The van der Waals surface area contributed by atoms with Gasteiger partial charge in [-0.3, -0.25) is 0 Å². The molecule has 1 aromatic carbocycles. The predicted molar refractivity (Wildman–Crippen MR) is 129 cm³/mol. The minimum Gasteiger partial charge on any atom is -0.487 e. The minimum atomic E-state index is -8.59. The molecule has 0 aliphatic rings. The molecule has 0 atom stereocenters. The van der Waals surface area contributed by atoms with E-state index in [0.717, 1.165) is 29.7 Å². The number of aryl methyl sites for hydroxylation is 1. The summed E-state index contributed by atoms with van der Waals surface area (Å²) >= 11 is 0. The number of hydrogen-bond acceptors (Lipinski definition) is 5.